The lowest BCUT2D eigenvalue weighted by molar-refractivity contribution is -0.143. The second-order valence-corrected chi connectivity index (χ2v) is 9.96. The lowest BCUT2D eigenvalue weighted by Crippen LogP contribution is -2.46. The molecule has 0 aromatic heterocycles. The third-order valence-corrected chi connectivity index (χ3v) is 7.64. The molecule has 0 bridgehead atoms. The Balaban J connectivity index is 1.71. The zero-order valence-corrected chi connectivity index (χ0v) is 22.9. The average Bonchev–Trinajstić information content (AvgIpc) is 3.55. The Hall–Kier alpha value is -3.50. The number of para-hydroxylation sites is 1. The number of nitrogens with zero attached hydrogens (tertiary/aromatic N) is 2. The summed E-state index contributed by atoms with van der Waals surface area (Å²) in [6.45, 7) is 4.11. The summed E-state index contributed by atoms with van der Waals surface area (Å²) in [7, 11) is 3.14. The van der Waals surface area contributed by atoms with E-state index >= 15 is 0 Å². The third kappa shape index (κ3) is 6.23. The van der Waals surface area contributed by atoms with Crippen LogP contribution in [0.15, 0.2) is 36.4 Å². The van der Waals surface area contributed by atoms with E-state index in [2.05, 4.69) is 6.92 Å². The summed E-state index contributed by atoms with van der Waals surface area (Å²) in [6, 6.07) is 10.8. The molecule has 2 aliphatic rings. The van der Waals surface area contributed by atoms with Gasteiger partial charge in [0.15, 0.2) is 11.5 Å². The number of carbonyl (C=O) groups excluding carboxylic acids is 1. The summed E-state index contributed by atoms with van der Waals surface area (Å²) < 4.78 is 22.3. The minimum Gasteiger partial charge on any atom is -0.496 e. The minimum atomic E-state index is -0.920. The molecule has 1 fully saturated rings. The molecule has 3 unspecified atom stereocenters. The first kappa shape index (κ1) is 28.5. The number of nitrogens with two attached hydrogens (primary N) is 1. The van der Waals surface area contributed by atoms with Crippen LogP contribution < -0.4 is 24.7 Å². The number of carboxylic acids is 1. The quantitative estimate of drug-likeness (QED) is 0.394. The van der Waals surface area contributed by atoms with E-state index in [1.807, 2.05) is 41.3 Å². The Kier molecular flexibility index (Phi) is 9.53. The summed E-state index contributed by atoms with van der Waals surface area (Å²) in [5.41, 5.74) is 7.47. The minimum absolute atomic E-state index is 0.0491. The molecule has 0 radical (unpaired) electrons. The third-order valence-electron chi connectivity index (χ3n) is 7.64. The molecule has 212 valence electrons. The van der Waals surface area contributed by atoms with E-state index in [-0.39, 0.29) is 19.2 Å². The van der Waals surface area contributed by atoms with Crippen LogP contribution in [0.5, 0.6) is 23.0 Å². The standard InChI is InChI=1S/C29H39N3O7/c1-4-5-11-31(12-10-30)26(33)17-32-16-21(20-14-24(37-3)28-25(15-20)38-18-39-28)27(29(34)35)22(32)13-19-8-6-7-9-23(19)36-2/h6-9,14-15,21-22,27H,4-5,10-13,16-18,30H2,1-3H3,(H,34,35). The second-order valence-electron chi connectivity index (χ2n) is 9.96. The number of carboxylic acid groups (broad SMARTS) is 1. The maximum atomic E-state index is 13.5. The van der Waals surface area contributed by atoms with Gasteiger partial charge in [-0.05, 0) is 42.2 Å². The van der Waals surface area contributed by atoms with Crippen LogP contribution in [0, 0.1) is 5.92 Å². The number of carbonyl (C=O) groups is 2. The predicted molar refractivity (Wildman–Crippen MR) is 146 cm³/mol. The van der Waals surface area contributed by atoms with Crippen LogP contribution >= 0.6 is 0 Å². The van der Waals surface area contributed by atoms with Crippen molar-refractivity contribution in [1.82, 2.24) is 9.80 Å². The van der Waals surface area contributed by atoms with Gasteiger partial charge in [0, 0.05) is 38.1 Å². The molecule has 2 heterocycles. The van der Waals surface area contributed by atoms with Crippen LogP contribution in [-0.2, 0) is 16.0 Å². The topological polar surface area (TPSA) is 124 Å². The summed E-state index contributed by atoms with van der Waals surface area (Å²) in [5, 5.41) is 10.5. The van der Waals surface area contributed by atoms with E-state index in [0.29, 0.717) is 55.6 Å². The first-order chi connectivity index (χ1) is 18.9. The first-order valence-corrected chi connectivity index (χ1v) is 13.5. The van der Waals surface area contributed by atoms with Gasteiger partial charge in [0.1, 0.15) is 5.75 Å². The number of ether oxygens (including phenoxy) is 4. The van der Waals surface area contributed by atoms with Gasteiger partial charge in [0.05, 0.1) is 26.7 Å². The van der Waals surface area contributed by atoms with Crippen LogP contribution in [0.2, 0.25) is 0 Å². The molecule has 0 aliphatic carbocycles. The monoisotopic (exact) mass is 541 g/mol. The van der Waals surface area contributed by atoms with E-state index in [0.717, 1.165) is 24.0 Å². The van der Waals surface area contributed by atoms with E-state index < -0.39 is 23.8 Å². The Morgan fingerprint density at radius 2 is 1.90 bits per heavy atom. The molecule has 10 nitrogen and oxygen atoms in total. The normalized spacial score (nSPS) is 20.2. The van der Waals surface area contributed by atoms with E-state index in [9.17, 15) is 14.7 Å². The summed E-state index contributed by atoms with van der Waals surface area (Å²) in [5.74, 6) is 0.0594. The highest BCUT2D eigenvalue weighted by molar-refractivity contribution is 5.79. The molecule has 2 aromatic rings. The molecule has 0 saturated carbocycles. The van der Waals surface area contributed by atoms with Crippen molar-refractivity contribution in [2.24, 2.45) is 11.7 Å². The van der Waals surface area contributed by atoms with Crippen LogP contribution in [0.25, 0.3) is 0 Å². The number of rotatable bonds is 13. The Bertz CT molecular complexity index is 1160. The zero-order chi connectivity index (χ0) is 27.9. The number of aliphatic carboxylic acids is 1. The Morgan fingerprint density at radius 3 is 2.59 bits per heavy atom. The van der Waals surface area contributed by atoms with Gasteiger partial charge in [-0.15, -0.1) is 0 Å². The van der Waals surface area contributed by atoms with E-state index in [4.69, 9.17) is 24.7 Å². The van der Waals surface area contributed by atoms with Gasteiger partial charge in [-0.25, -0.2) is 0 Å². The Morgan fingerprint density at radius 1 is 1.13 bits per heavy atom. The Labute approximate surface area is 229 Å². The fourth-order valence-electron chi connectivity index (χ4n) is 5.68. The highest BCUT2D eigenvalue weighted by Crippen LogP contribution is 2.47. The fraction of sp³-hybridized carbons (Fsp3) is 0.517. The SMILES string of the molecule is CCCCN(CCN)C(=O)CN1CC(c2cc(OC)c3c(c2)OCO3)C(C(=O)O)C1Cc1ccccc1OC. The fourth-order valence-corrected chi connectivity index (χ4v) is 5.68. The number of methoxy groups -OCH3 is 2. The number of hydrogen-bond donors (Lipinski definition) is 2. The molecular formula is C29H39N3O7. The molecule has 39 heavy (non-hydrogen) atoms. The predicted octanol–water partition coefficient (Wildman–Crippen LogP) is 2.73. The van der Waals surface area contributed by atoms with Crippen molar-refractivity contribution >= 4 is 11.9 Å². The molecular weight excluding hydrogens is 502 g/mol. The van der Waals surface area contributed by atoms with Crippen molar-refractivity contribution < 1.29 is 33.6 Å². The number of benzene rings is 2. The van der Waals surface area contributed by atoms with Crippen molar-refractivity contribution in [2.75, 3.05) is 53.7 Å². The van der Waals surface area contributed by atoms with Crippen molar-refractivity contribution in [3.8, 4) is 23.0 Å². The maximum absolute atomic E-state index is 13.5. The van der Waals surface area contributed by atoms with Gasteiger partial charge in [0.25, 0.3) is 0 Å². The van der Waals surface area contributed by atoms with Gasteiger partial charge in [0.2, 0.25) is 18.4 Å². The summed E-state index contributed by atoms with van der Waals surface area (Å²) in [6.07, 6.45) is 2.26. The summed E-state index contributed by atoms with van der Waals surface area (Å²) in [4.78, 5) is 30.2. The summed E-state index contributed by atoms with van der Waals surface area (Å²) >= 11 is 0. The van der Waals surface area contributed by atoms with Gasteiger partial charge in [-0.2, -0.15) is 0 Å². The maximum Gasteiger partial charge on any atom is 0.308 e. The molecule has 10 heteroatoms. The molecule has 0 spiro atoms. The van der Waals surface area contributed by atoms with E-state index in [1.165, 1.54) is 0 Å². The lowest BCUT2D eigenvalue weighted by atomic mass is 9.83. The van der Waals surface area contributed by atoms with Gasteiger partial charge in [-0.3, -0.25) is 14.5 Å². The first-order valence-electron chi connectivity index (χ1n) is 13.5. The van der Waals surface area contributed by atoms with Crippen molar-refractivity contribution in [2.45, 2.75) is 38.1 Å². The van der Waals surface area contributed by atoms with Crippen LogP contribution in [-0.4, -0.2) is 86.6 Å². The lowest BCUT2D eigenvalue weighted by Gasteiger charge is -2.30. The zero-order valence-electron chi connectivity index (χ0n) is 22.9. The molecule has 3 atom stereocenters. The molecule has 1 amide bonds. The smallest absolute Gasteiger partial charge is 0.308 e. The number of likely N-dealkylation sites (tertiary alicyclic amines) is 1. The van der Waals surface area contributed by atoms with Gasteiger partial charge in [-0.1, -0.05) is 31.5 Å². The van der Waals surface area contributed by atoms with Crippen molar-refractivity contribution in [3.05, 3.63) is 47.5 Å². The van der Waals surface area contributed by atoms with Crippen LogP contribution in [0.1, 0.15) is 36.8 Å². The highest BCUT2D eigenvalue weighted by Gasteiger charge is 2.48. The van der Waals surface area contributed by atoms with E-state index in [1.54, 1.807) is 19.1 Å². The van der Waals surface area contributed by atoms with Crippen LogP contribution in [0.4, 0.5) is 0 Å². The highest BCUT2D eigenvalue weighted by atomic mass is 16.7. The number of hydrogen-bond acceptors (Lipinski definition) is 8. The number of fused-ring (bicyclic) bond motifs is 1. The van der Waals surface area contributed by atoms with Gasteiger partial charge < -0.3 is 34.7 Å². The molecule has 2 aliphatic heterocycles. The molecule has 4 rings (SSSR count). The van der Waals surface area contributed by atoms with Crippen molar-refractivity contribution in [1.29, 1.82) is 0 Å². The molecule has 3 N–H and O–H groups in total. The average molecular weight is 542 g/mol. The number of amides is 1. The second kappa shape index (κ2) is 13.0. The van der Waals surface area contributed by atoms with Gasteiger partial charge >= 0.3 is 5.97 Å². The molecule has 1 saturated heterocycles. The largest absolute Gasteiger partial charge is 0.496 e. The van der Waals surface area contributed by atoms with Crippen molar-refractivity contribution in [3.63, 3.8) is 0 Å². The molecule has 2 aromatic carbocycles. The number of unbranched alkanes of at least 4 members (excludes halogenated alkanes) is 1. The van der Waals surface area contributed by atoms with Crippen LogP contribution in [0.3, 0.4) is 0 Å².